The highest BCUT2D eigenvalue weighted by molar-refractivity contribution is 6.01. The lowest BCUT2D eigenvalue weighted by molar-refractivity contribution is 0.660. The minimum absolute atomic E-state index is 0.213. The molecule has 0 saturated heterocycles. The molecule has 0 fully saturated rings. The minimum Gasteiger partial charge on any atom is -0.309 e. The number of hydrogen-bond donors (Lipinski definition) is 0. The SMILES string of the molecule is CC1(C)c2cc(-c3ccccc3-c3ccccc3)ccc2-c2ccc(N(c3ccccc3-c3ccc(-c4ccccc4)cc3)c3cccc4ccccc34)cc21. The van der Waals surface area contributed by atoms with Gasteiger partial charge in [-0.3, -0.25) is 0 Å². The Morgan fingerprint density at radius 1 is 0.321 bits per heavy atom. The van der Waals surface area contributed by atoms with Gasteiger partial charge in [-0.2, -0.15) is 0 Å². The van der Waals surface area contributed by atoms with Crippen molar-refractivity contribution >= 4 is 27.8 Å². The summed E-state index contributed by atoms with van der Waals surface area (Å²) in [7, 11) is 0. The monoisotopic (exact) mass is 715 g/mol. The lowest BCUT2D eigenvalue weighted by atomic mass is 9.81. The number of benzene rings is 9. The summed E-state index contributed by atoms with van der Waals surface area (Å²) in [5.41, 5.74) is 18.3. The zero-order valence-electron chi connectivity index (χ0n) is 31.7. The number of rotatable bonds is 7. The van der Waals surface area contributed by atoms with E-state index in [1.807, 2.05) is 0 Å². The van der Waals surface area contributed by atoms with Gasteiger partial charge in [0.25, 0.3) is 0 Å². The molecule has 0 atom stereocenters. The molecule has 0 saturated carbocycles. The van der Waals surface area contributed by atoms with E-state index in [1.54, 1.807) is 0 Å². The van der Waals surface area contributed by atoms with Gasteiger partial charge in [-0.15, -0.1) is 0 Å². The maximum absolute atomic E-state index is 2.48. The van der Waals surface area contributed by atoms with Gasteiger partial charge in [0, 0.05) is 22.1 Å². The van der Waals surface area contributed by atoms with Crippen LogP contribution in [0.2, 0.25) is 0 Å². The molecule has 9 aromatic rings. The molecular formula is C55H41N. The molecule has 0 unspecified atom stereocenters. The van der Waals surface area contributed by atoms with Crippen LogP contribution in [0.15, 0.2) is 212 Å². The first-order chi connectivity index (χ1) is 27.5. The van der Waals surface area contributed by atoms with E-state index in [0.29, 0.717) is 0 Å². The molecule has 56 heavy (non-hydrogen) atoms. The van der Waals surface area contributed by atoms with Gasteiger partial charge in [0.2, 0.25) is 0 Å². The molecule has 0 N–H and O–H groups in total. The summed E-state index contributed by atoms with van der Waals surface area (Å²) in [6, 6.07) is 77.6. The Labute approximate surface area is 329 Å². The van der Waals surface area contributed by atoms with Crippen LogP contribution in [0, 0.1) is 0 Å². The third-order valence-corrected chi connectivity index (χ3v) is 11.7. The summed E-state index contributed by atoms with van der Waals surface area (Å²) >= 11 is 0. The van der Waals surface area contributed by atoms with Crippen LogP contribution in [0.3, 0.4) is 0 Å². The van der Waals surface area contributed by atoms with Crippen LogP contribution >= 0.6 is 0 Å². The fourth-order valence-corrected chi connectivity index (χ4v) is 8.83. The number of para-hydroxylation sites is 1. The van der Waals surface area contributed by atoms with Crippen LogP contribution in [-0.4, -0.2) is 0 Å². The quantitative estimate of drug-likeness (QED) is 0.159. The van der Waals surface area contributed by atoms with Crippen molar-refractivity contribution in [1.29, 1.82) is 0 Å². The van der Waals surface area contributed by atoms with E-state index in [4.69, 9.17) is 0 Å². The maximum atomic E-state index is 2.48. The van der Waals surface area contributed by atoms with Gasteiger partial charge < -0.3 is 4.90 Å². The molecule has 0 aromatic heterocycles. The molecule has 0 radical (unpaired) electrons. The third kappa shape index (κ3) is 5.72. The number of hydrogen-bond acceptors (Lipinski definition) is 1. The van der Waals surface area contributed by atoms with Gasteiger partial charge in [0.1, 0.15) is 0 Å². The van der Waals surface area contributed by atoms with Crippen molar-refractivity contribution in [3.63, 3.8) is 0 Å². The van der Waals surface area contributed by atoms with E-state index in [0.717, 1.165) is 17.1 Å². The van der Waals surface area contributed by atoms with Gasteiger partial charge in [-0.05, 0) is 96.9 Å². The molecule has 1 heteroatoms. The summed E-state index contributed by atoms with van der Waals surface area (Å²) < 4.78 is 0. The van der Waals surface area contributed by atoms with Gasteiger partial charge in [0.15, 0.2) is 0 Å². The average molecular weight is 716 g/mol. The van der Waals surface area contributed by atoms with Crippen LogP contribution < -0.4 is 4.90 Å². The fourth-order valence-electron chi connectivity index (χ4n) is 8.83. The standard InChI is InChI=1S/C55H41N/c1-55(2)51-36-43(46-23-12-11-22-45(46)40-18-7-4-8-19-40)32-34-49(51)50-35-33-44(37-52(50)55)56(54-27-15-21-41-20-9-10-24-47(41)54)53-26-14-13-25-48(53)42-30-28-39(29-31-42)38-16-5-3-6-17-38/h3-37H,1-2H3. The van der Waals surface area contributed by atoms with Crippen LogP contribution in [0.1, 0.15) is 25.0 Å². The van der Waals surface area contributed by atoms with Crippen LogP contribution in [0.25, 0.3) is 66.4 Å². The maximum Gasteiger partial charge on any atom is 0.0540 e. The molecule has 1 aliphatic rings. The molecular weight excluding hydrogens is 675 g/mol. The van der Waals surface area contributed by atoms with Crippen molar-refractivity contribution in [3.8, 4) is 55.6 Å². The fraction of sp³-hybridized carbons (Fsp3) is 0.0545. The Kier molecular flexibility index (Phi) is 8.23. The number of fused-ring (bicyclic) bond motifs is 4. The number of anilines is 3. The van der Waals surface area contributed by atoms with Crippen LogP contribution in [-0.2, 0) is 5.41 Å². The topological polar surface area (TPSA) is 3.24 Å². The van der Waals surface area contributed by atoms with E-state index in [-0.39, 0.29) is 5.41 Å². The van der Waals surface area contributed by atoms with E-state index < -0.39 is 0 Å². The normalized spacial score (nSPS) is 12.6. The Bertz CT molecular complexity index is 2860. The average Bonchev–Trinajstić information content (AvgIpc) is 3.49. The molecule has 10 rings (SSSR count). The Balaban J connectivity index is 1.11. The molecule has 0 aliphatic heterocycles. The van der Waals surface area contributed by atoms with Gasteiger partial charge in [-0.25, -0.2) is 0 Å². The summed E-state index contributed by atoms with van der Waals surface area (Å²) in [4.78, 5) is 2.48. The van der Waals surface area contributed by atoms with Crippen molar-refractivity contribution in [1.82, 2.24) is 0 Å². The molecule has 0 spiro atoms. The molecule has 1 nitrogen and oxygen atoms in total. The first kappa shape index (κ1) is 33.6. The highest BCUT2D eigenvalue weighted by Crippen LogP contribution is 2.53. The van der Waals surface area contributed by atoms with Crippen LogP contribution in [0.5, 0.6) is 0 Å². The summed E-state index contributed by atoms with van der Waals surface area (Å²) in [5.74, 6) is 0. The molecule has 0 heterocycles. The van der Waals surface area contributed by atoms with Crippen LogP contribution in [0.4, 0.5) is 17.1 Å². The zero-order chi connectivity index (χ0) is 37.6. The first-order valence-electron chi connectivity index (χ1n) is 19.5. The highest BCUT2D eigenvalue weighted by Gasteiger charge is 2.36. The molecule has 9 aromatic carbocycles. The van der Waals surface area contributed by atoms with E-state index >= 15 is 0 Å². The lowest BCUT2D eigenvalue weighted by Crippen LogP contribution is -2.17. The van der Waals surface area contributed by atoms with Crippen molar-refractivity contribution in [2.24, 2.45) is 0 Å². The Morgan fingerprint density at radius 3 is 1.55 bits per heavy atom. The molecule has 1 aliphatic carbocycles. The second-order valence-electron chi connectivity index (χ2n) is 15.3. The van der Waals surface area contributed by atoms with Crippen molar-refractivity contribution in [2.45, 2.75) is 19.3 Å². The van der Waals surface area contributed by atoms with Crippen molar-refractivity contribution in [2.75, 3.05) is 4.90 Å². The Morgan fingerprint density at radius 2 is 0.804 bits per heavy atom. The highest BCUT2D eigenvalue weighted by atomic mass is 15.1. The molecule has 266 valence electrons. The Hall–Kier alpha value is -6.96. The summed E-state index contributed by atoms with van der Waals surface area (Å²) in [6.45, 7) is 4.78. The molecule has 0 bridgehead atoms. The van der Waals surface area contributed by atoms with E-state index in [9.17, 15) is 0 Å². The smallest absolute Gasteiger partial charge is 0.0540 e. The predicted octanol–water partition coefficient (Wildman–Crippen LogP) is 15.3. The van der Waals surface area contributed by atoms with E-state index in [2.05, 4.69) is 231 Å². The first-order valence-corrected chi connectivity index (χ1v) is 19.5. The van der Waals surface area contributed by atoms with E-state index in [1.165, 1.54) is 77.5 Å². The second kappa shape index (κ2) is 13.7. The van der Waals surface area contributed by atoms with Crippen molar-refractivity contribution < 1.29 is 0 Å². The number of nitrogens with zero attached hydrogens (tertiary/aromatic N) is 1. The molecule has 0 amide bonds. The largest absolute Gasteiger partial charge is 0.309 e. The van der Waals surface area contributed by atoms with Crippen molar-refractivity contribution in [3.05, 3.63) is 223 Å². The summed E-state index contributed by atoms with van der Waals surface area (Å²) in [6.07, 6.45) is 0. The van der Waals surface area contributed by atoms with Gasteiger partial charge >= 0.3 is 0 Å². The van der Waals surface area contributed by atoms with Gasteiger partial charge in [0.05, 0.1) is 11.4 Å². The summed E-state index contributed by atoms with van der Waals surface area (Å²) in [5, 5.41) is 2.44. The minimum atomic E-state index is -0.213. The lowest BCUT2D eigenvalue weighted by Gasteiger charge is -2.30. The van der Waals surface area contributed by atoms with Gasteiger partial charge in [-0.1, -0.05) is 196 Å². The zero-order valence-corrected chi connectivity index (χ0v) is 31.7. The predicted molar refractivity (Wildman–Crippen MR) is 238 cm³/mol. The third-order valence-electron chi connectivity index (χ3n) is 11.7. The second-order valence-corrected chi connectivity index (χ2v) is 15.3.